The van der Waals surface area contributed by atoms with Crippen LogP contribution in [-0.4, -0.2) is 15.9 Å². The summed E-state index contributed by atoms with van der Waals surface area (Å²) in [5, 5.41) is 16.4. The predicted octanol–water partition coefficient (Wildman–Crippen LogP) is 1.65. The van der Waals surface area contributed by atoms with Crippen molar-refractivity contribution in [3.63, 3.8) is 0 Å². The van der Waals surface area contributed by atoms with Crippen LogP contribution in [0.2, 0.25) is 0 Å². The highest BCUT2D eigenvalue weighted by Crippen LogP contribution is 2.24. The van der Waals surface area contributed by atoms with Gasteiger partial charge >= 0.3 is 0 Å². The number of nitrogens with two attached hydrogens (primary N) is 1. The van der Waals surface area contributed by atoms with Gasteiger partial charge in [0.2, 0.25) is 0 Å². The molecule has 0 saturated carbocycles. The zero-order valence-electron chi connectivity index (χ0n) is 9.63. The second-order valence-electron chi connectivity index (χ2n) is 3.66. The van der Waals surface area contributed by atoms with Crippen molar-refractivity contribution < 1.29 is 9.84 Å². The van der Waals surface area contributed by atoms with E-state index in [0.29, 0.717) is 22.8 Å². The molecule has 0 saturated heterocycles. The van der Waals surface area contributed by atoms with Crippen LogP contribution in [0.3, 0.4) is 0 Å². The minimum Gasteiger partial charge on any atom is -0.455 e. The molecular formula is C13H13N3O2. The van der Waals surface area contributed by atoms with Crippen molar-refractivity contribution in [2.24, 2.45) is 5.73 Å². The molecule has 18 heavy (non-hydrogen) atoms. The molecule has 1 aromatic carbocycles. The zero-order chi connectivity index (χ0) is 13.0. The molecule has 2 rings (SSSR count). The molecule has 0 unspecified atom stereocenters. The Morgan fingerprint density at radius 3 is 2.67 bits per heavy atom. The highest BCUT2D eigenvalue weighted by atomic mass is 16.5. The van der Waals surface area contributed by atoms with E-state index in [2.05, 4.69) is 4.98 Å². The molecule has 0 amide bonds. The quantitative estimate of drug-likeness (QED) is 0.562. The molecule has 0 bridgehead atoms. The topological polar surface area (TPSA) is 92.2 Å². The minimum absolute atomic E-state index is 0.0858. The number of rotatable bonds is 4. The van der Waals surface area contributed by atoms with E-state index >= 15 is 0 Å². The van der Waals surface area contributed by atoms with Gasteiger partial charge in [0.1, 0.15) is 23.0 Å². The lowest BCUT2D eigenvalue weighted by molar-refractivity contribution is 0.276. The summed E-state index contributed by atoms with van der Waals surface area (Å²) in [6, 6.07) is 10.5. The summed E-state index contributed by atoms with van der Waals surface area (Å²) in [7, 11) is 0. The lowest BCUT2D eigenvalue weighted by Crippen LogP contribution is -2.12. The average molecular weight is 243 g/mol. The number of amidine groups is 1. The molecule has 5 nitrogen and oxygen atoms in total. The minimum atomic E-state index is -0.0882. The van der Waals surface area contributed by atoms with Crippen molar-refractivity contribution in [2.75, 3.05) is 0 Å². The van der Waals surface area contributed by atoms with Crippen LogP contribution in [0.1, 0.15) is 11.3 Å². The maximum Gasteiger partial charge on any atom is 0.145 e. The molecule has 0 aliphatic carbocycles. The van der Waals surface area contributed by atoms with Gasteiger partial charge in [-0.2, -0.15) is 0 Å². The molecule has 92 valence electrons. The Hall–Kier alpha value is -2.40. The Kier molecular flexibility index (Phi) is 3.54. The first-order valence-electron chi connectivity index (χ1n) is 5.38. The van der Waals surface area contributed by atoms with Crippen LogP contribution < -0.4 is 10.5 Å². The van der Waals surface area contributed by atoms with E-state index in [-0.39, 0.29) is 12.4 Å². The second-order valence-corrected chi connectivity index (χ2v) is 3.66. The summed E-state index contributed by atoms with van der Waals surface area (Å²) >= 11 is 0. The van der Waals surface area contributed by atoms with Crippen molar-refractivity contribution in [1.29, 1.82) is 5.41 Å². The van der Waals surface area contributed by atoms with Crippen LogP contribution in [0.15, 0.2) is 42.6 Å². The smallest absolute Gasteiger partial charge is 0.145 e. The summed E-state index contributed by atoms with van der Waals surface area (Å²) < 4.78 is 5.60. The zero-order valence-corrected chi connectivity index (χ0v) is 9.63. The van der Waals surface area contributed by atoms with Crippen molar-refractivity contribution >= 4 is 5.84 Å². The highest BCUT2D eigenvalue weighted by Gasteiger charge is 2.04. The van der Waals surface area contributed by atoms with Gasteiger partial charge in [0.15, 0.2) is 0 Å². The van der Waals surface area contributed by atoms with Gasteiger partial charge in [0.05, 0.1) is 12.8 Å². The summed E-state index contributed by atoms with van der Waals surface area (Å²) in [6.07, 6.45) is 1.49. The first kappa shape index (κ1) is 12.1. The van der Waals surface area contributed by atoms with Gasteiger partial charge in [-0.25, -0.2) is 4.98 Å². The molecule has 0 atom stereocenters. The molecule has 0 radical (unpaired) electrons. The molecule has 0 aliphatic heterocycles. The molecule has 0 aliphatic rings. The first-order chi connectivity index (χ1) is 8.70. The van der Waals surface area contributed by atoms with Crippen molar-refractivity contribution in [3.8, 4) is 11.5 Å². The predicted molar refractivity (Wildman–Crippen MR) is 67.7 cm³/mol. The molecule has 2 aromatic rings. The second kappa shape index (κ2) is 5.29. The Bertz CT molecular complexity index is 552. The van der Waals surface area contributed by atoms with Crippen molar-refractivity contribution in [3.05, 3.63) is 53.9 Å². The molecule has 0 spiro atoms. The molecule has 1 heterocycles. The van der Waals surface area contributed by atoms with E-state index in [1.165, 1.54) is 6.20 Å². The standard InChI is InChI=1S/C13H13N3O2/c14-13(15)11-6-5-10(7-16-11)18-12-4-2-1-3-9(12)8-17/h1-7,17H,8H2,(H3,14,15). The lowest BCUT2D eigenvalue weighted by Gasteiger charge is -2.09. The van der Waals surface area contributed by atoms with E-state index in [0.717, 1.165) is 0 Å². The van der Waals surface area contributed by atoms with Crippen LogP contribution in [0.5, 0.6) is 11.5 Å². The van der Waals surface area contributed by atoms with E-state index in [9.17, 15) is 5.11 Å². The first-order valence-corrected chi connectivity index (χ1v) is 5.38. The number of hydrogen-bond donors (Lipinski definition) is 3. The normalized spacial score (nSPS) is 10.1. The van der Waals surface area contributed by atoms with E-state index in [4.69, 9.17) is 15.9 Å². The van der Waals surface area contributed by atoms with Crippen molar-refractivity contribution in [2.45, 2.75) is 6.61 Å². The van der Waals surface area contributed by atoms with Gasteiger partial charge in [0, 0.05) is 5.56 Å². The largest absolute Gasteiger partial charge is 0.455 e. The van der Waals surface area contributed by atoms with Gasteiger partial charge in [-0.05, 0) is 18.2 Å². The van der Waals surface area contributed by atoms with Crippen molar-refractivity contribution in [1.82, 2.24) is 4.98 Å². The molecular weight excluding hydrogens is 230 g/mol. The number of aliphatic hydroxyl groups excluding tert-OH is 1. The van der Waals surface area contributed by atoms with E-state index in [1.54, 1.807) is 24.3 Å². The maximum absolute atomic E-state index is 9.17. The molecule has 1 aromatic heterocycles. The summed E-state index contributed by atoms with van der Waals surface area (Å²) in [5.74, 6) is 1.02. The Morgan fingerprint density at radius 2 is 2.06 bits per heavy atom. The fourth-order valence-corrected chi connectivity index (χ4v) is 1.46. The third-order valence-electron chi connectivity index (χ3n) is 2.38. The average Bonchev–Trinajstić information content (AvgIpc) is 2.40. The van der Waals surface area contributed by atoms with Gasteiger partial charge in [-0.1, -0.05) is 18.2 Å². The van der Waals surface area contributed by atoms with Crippen LogP contribution >= 0.6 is 0 Å². The van der Waals surface area contributed by atoms with Gasteiger partial charge in [0.25, 0.3) is 0 Å². The Balaban J connectivity index is 2.21. The molecule has 0 fully saturated rings. The fourth-order valence-electron chi connectivity index (χ4n) is 1.46. The number of aliphatic hydroxyl groups is 1. The number of hydrogen-bond acceptors (Lipinski definition) is 4. The Labute approximate surface area is 104 Å². The van der Waals surface area contributed by atoms with Crippen LogP contribution in [0.4, 0.5) is 0 Å². The summed E-state index contributed by atoms with van der Waals surface area (Å²) in [5.41, 5.74) is 6.41. The third kappa shape index (κ3) is 2.64. The number of aromatic nitrogens is 1. The molecule has 5 heteroatoms. The van der Waals surface area contributed by atoms with Gasteiger partial charge < -0.3 is 15.6 Å². The Morgan fingerprint density at radius 1 is 1.28 bits per heavy atom. The number of nitrogens with one attached hydrogen (secondary N) is 1. The lowest BCUT2D eigenvalue weighted by atomic mass is 10.2. The number of nitrogens with zero attached hydrogens (tertiary/aromatic N) is 1. The summed E-state index contributed by atoms with van der Waals surface area (Å²) in [6.45, 7) is -0.0882. The van der Waals surface area contributed by atoms with Gasteiger partial charge in [-0.3, -0.25) is 5.41 Å². The molecule has 4 N–H and O–H groups in total. The number of para-hydroxylation sites is 1. The third-order valence-corrected chi connectivity index (χ3v) is 2.38. The highest BCUT2D eigenvalue weighted by molar-refractivity contribution is 5.92. The fraction of sp³-hybridized carbons (Fsp3) is 0.0769. The van der Waals surface area contributed by atoms with Crippen LogP contribution in [0, 0.1) is 5.41 Å². The number of benzene rings is 1. The van der Waals surface area contributed by atoms with Crippen LogP contribution in [-0.2, 0) is 6.61 Å². The number of ether oxygens (including phenoxy) is 1. The van der Waals surface area contributed by atoms with Crippen LogP contribution in [0.25, 0.3) is 0 Å². The number of nitrogen functional groups attached to an aromatic ring is 1. The number of pyridine rings is 1. The summed E-state index contributed by atoms with van der Waals surface area (Å²) in [4.78, 5) is 3.99. The SMILES string of the molecule is N=C(N)c1ccc(Oc2ccccc2CO)cn1. The monoisotopic (exact) mass is 243 g/mol. The van der Waals surface area contributed by atoms with E-state index in [1.807, 2.05) is 12.1 Å². The van der Waals surface area contributed by atoms with E-state index < -0.39 is 0 Å². The maximum atomic E-state index is 9.17. The van der Waals surface area contributed by atoms with Gasteiger partial charge in [-0.15, -0.1) is 0 Å².